The number of nitrogens with two attached hydrogens (primary N) is 1. The van der Waals surface area contributed by atoms with Crippen molar-refractivity contribution in [2.24, 2.45) is 11.7 Å². The maximum absolute atomic E-state index is 5.94. The number of hydrogen-bond donors (Lipinski definition) is 1. The Kier molecular flexibility index (Phi) is 3.75. The molecule has 1 saturated carbocycles. The van der Waals surface area contributed by atoms with Crippen LogP contribution in [0.5, 0.6) is 5.75 Å². The van der Waals surface area contributed by atoms with E-state index in [1.807, 2.05) is 18.2 Å². The summed E-state index contributed by atoms with van der Waals surface area (Å²) < 4.78 is 5.80. The molecule has 0 radical (unpaired) electrons. The summed E-state index contributed by atoms with van der Waals surface area (Å²) >= 11 is 0. The van der Waals surface area contributed by atoms with Gasteiger partial charge in [0.2, 0.25) is 0 Å². The van der Waals surface area contributed by atoms with Crippen LogP contribution in [0, 0.1) is 5.92 Å². The summed E-state index contributed by atoms with van der Waals surface area (Å²) in [5.41, 5.74) is 8.52. The van der Waals surface area contributed by atoms with E-state index in [0.29, 0.717) is 24.5 Å². The molecule has 0 heterocycles. The molecule has 20 heavy (non-hydrogen) atoms. The lowest BCUT2D eigenvalue weighted by atomic mass is 10.1. The fraction of sp³-hybridized carbons (Fsp3) is 0.333. The molecule has 2 heteroatoms. The van der Waals surface area contributed by atoms with Gasteiger partial charge in [0.15, 0.2) is 0 Å². The SMILES string of the molecule is CC(N)C1CC1c1ccc(OCc2ccccc2)cc1. The van der Waals surface area contributed by atoms with Crippen LogP contribution in [-0.2, 0) is 6.61 Å². The monoisotopic (exact) mass is 267 g/mol. The van der Waals surface area contributed by atoms with Crippen LogP contribution in [0.4, 0.5) is 0 Å². The third-order valence-electron chi connectivity index (χ3n) is 4.07. The van der Waals surface area contributed by atoms with Gasteiger partial charge in [0.05, 0.1) is 0 Å². The number of benzene rings is 2. The van der Waals surface area contributed by atoms with Gasteiger partial charge >= 0.3 is 0 Å². The van der Waals surface area contributed by atoms with Crippen molar-refractivity contribution in [1.82, 2.24) is 0 Å². The van der Waals surface area contributed by atoms with E-state index in [0.717, 1.165) is 5.75 Å². The van der Waals surface area contributed by atoms with Gasteiger partial charge in [-0.15, -0.1) is 0 Å². The van der Waals surface area contributed by atoms with Gasteiger partial charge in [-0.2, -0.15) is 0 Å². The van der Waals surface area contributed by atoms with Crippen LogP contribution in [-0.4, -0.2) is 6.04 Å². The highest BCUT2D eigenvalue weighted by Crippen LogP contribution is 2.49. The van der Waals surface area contributed by atoms with E-state index >= 15 is 0 Å². The molecule has 2 N–H and O–H groups in total. The standard InChI is InChI=1S/C18H21NO/c1-13(19)17-11-18(17)15-7-9-16(10-8-15)20-12-14-5-3-2-4-6-14/h2-10,13,17-18H,11-12,19H2,1H3. The molecule has 1 aliphatic carbocycles. The Hall–Kier alpha value is -1.80. The molecule has 1 fully saturated rings. The molecule has 0 aliphatic heterocycles. The molecule has 3 rings (SSSR count). The molecule has 0 saturated heterocycles. The van der Waals surface area contributed by atoms with Gasteiger partial charge in [0.1, 0.15) is 12.4 Å². The van der Waals surface area contributed by atoms with E-state index < -0.39 is 0 Å². The second kappa shape index (κ2) is 5.68. The molecule has 3 atom stereocenters. The highest BCUT2D eigenvalue weighted by Gasteiger charge is 2.40. The maximum Gasteiger partial charge on any atom is 0.119 e. The Labute approximate surface area is 120 Å². The number of rotatable bonds is 5. The fourth-order valence-corrected chi connectivity index (χ4v) is 2.73. The second-order valence-corrected chi connectivity index (χ2v) is 5.71. The Balaban J connectivity index is 1.57. The summed E-state index contributed by atoms with van der Waals surface area (Å²) in [6.45, 7) is 2.72. The average Bonchev–Trinajstić information content (AvgIpc) is 3.27. The minimum Gasteiger partial charge on any atom is -0.489 e. The summed E-state index contributed by atoms with van der Waals surface area (Å²) in [6, 6.07) is 19.0. The van der Waals surface area contributed by atoms with Crippen LogP contribution in [0.2, 0.25) is 0 Å². The van der Waals surface area contributed by atoms with Crippen LogP contribution in [0.15, 0.2) is 54.6 Å². The van der Waals surface area contributed by atoms with Gasteiger partial charge in [-0.1, -0.05) is 42.5 Å². The quantitative estimate of drug-likeness (QED) is 0.896. The molecule has 0 bridgehead atoms. The summed E-state index contributed by atoms with van der Waals surface area (Å²) in [6.07, 6.45) is 1.22. The van der Waals surface area contributed by atoms with Gasteiger partial charge in [0, 0.05) is 6.04 Å². The number of ether oxygens (including phenoxy) is 1. The minimum atomic E-state index is 0.300. The van der Waals surface area contributed by atoms with Crippen molar-refractivity contribution in [3.05, 3.63) is 65.7 Å². The lowest BCUT2D eigenvalue weighted by Crippen LogP contribution is -2.17. The molecule has 2 aromatic rings. The first-order valence-corrected chi connectivity index (χ1v) is 7.26. The Morgan fingerprint density at radius 2 is 1.80 bits per heavy atom. The molecule has 1 aliphatic rings. The number of hydrogen-bond acceptors (Lipinski definition) is 2. The Morgan fingerprint density at radius 3 is 2.40 bits per heavy atom. The van der Waals surface area contributed by atoms with Gasteiger partial charge in [0.25, 0.3) is 0 Å². The summed E-state index contributed by atoms with van der Waals surface area (Å²) in [7, 11) is 0. The molecule has 2 aromatic carbocycles. The van der Waals surface area contributed by atoms with Crippen molar-refractivity contribution in [2.45, 2.75) is 31.9 Å². The third-order valence-corrected chi connectivity index (χ3v) is 4.07. The molecular weight excluding hydrogens is 246 g/mol. The van der Waals surface area contributed by atoms with E-state index in [4.69, 9.17) is 10.5 Å². The highest BCUT2D eigenvalue weighted by molar-refractivity contribution is 5.33. The van der Waals surface area contributed by atoms with E-state index in [-0.39, 0.29) is 0 Å². The van der Waals surface area contributed by atoms with Gasteiger partial charge in [-0.3, -0.25) is 0 Å². The molecule has 0 spiro atoms. The van der Waals surface area contributed by atoms with Crippen molar-refractivity contribution in [1.29, 1.82) is 0 Å². The van der Waals surface area contributed by atoms with Crippen molar-refractivity contribution in [2.75, 3.05) is 0 Å². The third kappa shape index (κ3) is 3.02. The molecule has 3 unspecified atom stereocenters. The molecule has 2 nitrogen and oxygen atoms in total. The predicted octanol–water partition coefficient (Wildman–Crippen LogP) is 3.72. The topological polar surface area (TPSA) is 35.2 Å². The molecule has 0 aromatic heterocycles. The average molecular weight is 267 g/mol. The van der Waals surface area contributed by atoms with Crippen LogP contribution in [0.1, 0.15) is 30.4 Å². The first kappa shape index (κ1) is 13.2. The summed E-state index contributed by atoms with van der Waals surface area (Å²) in [5, 5.41) is 0. The zero-order chi connectivity index (χ0) is 13.9. The lowest BCUT2D eigenvalue weighted by molar-refractivity contribution is 0.306. The van der Waals surface area contributed by atoms with Crippen LogP contribution in [0.3, 0.4) is 0 Å². The lowest BCUT2D eigenvalue weighted by Gasteiger charge is -2.08. The van der Waals surface area contributed by atoms with E-state index in [1.165, 1.54) is 17.5 Å². The largest absolute Gasteiger partial charge is 0.489 e. The van der Waals surface area contributed by atoms with Gasteiger partial charge in [-0.25, -0.2) is 0 Å². The molecule has 0 amide bonds. The Bertz CT molecular complexity index is 547. The van der Waals surface area contributed by atoms with Gasteiger partial charge in [-0.05, 0) is 48.4 Å². The van der Waals surface area contributed by atoms with E-state index in [9.17, 15) is 0 Å². The van der Waals surface area contributed by atoms with E-state index in [2.05, 4.69) is 43.3 Å². The molecular formula is C18H21NO. The van der Waals surface area contributed by atoms with Gasteiger partial charge < -0.3 is 10.5 Å². The predicted molar refractivity (Wildman–Crippen MR) is 81.7 cm³/mol. The second-order valence-electron chi connectivity index (χ2n) is 5.71. The minimum absolute atomic E-state index is 0.300. The summed E-state index contributed by atoms with van der Waals surface area (Å²) in [5.74, 6) is 2.24. The fourth-order valence-electron chi connectivity index (χ4n) is 2.73. The van der Waals surface area contributed by atoms with Crippen LogP contribution in [0.25, 0.3) is 0 Å². The first-order valence-electron chi connectivity index (χ1n) is 7.26. The zero-order valence-electron chi connectivity index (χ0n) is 11.8. The van der Waals surface area contributed by atoms with Crippen molar-refractivity contribution < 1.29 is 4.74 Å². The highest BCUT2D eigenvalue weighted by atomic mass is 16.5. The summed E-state index contributed by atoms with van der Waals surface area (Å²) in [4.78, 5) is 0. The Morgan fingerprint density at radius 1 is 1.10 bits per heavy atom. The van der Waals surface area contributed by atoms with E-state index in [1.54, 1.807) is 0 Å². The molecule has 104 valence electrons. The zero-order valence-corrected chi connectivity index (χ0v) is 11.8. The van der Waals surface area contributed by atoms with Crippen LogP contribution < -0.4 is 10.5 Å². The first-order chi connectivity index (χ1) is 9.74. The van der Waals surface area contributed by atoms with Crippen molar-refractivity contribution in [3.8, 4) is 5.75 Å². The van der Waals surface area contributed by atoms with Crippen molar-refractivity contribution >= 4 is 0 Å². The van der Waals surface area contributed by atoms with Crippen molar-refractivity contribution in [3.63, 3.8) is 0 Å². The maximum atomic E-state index is 5.94. The smallest absolute Gasteiger partial charge is 0.119 e. The normalized spacial score (nSPS) is 22.3. The van der Waals surface area contributed by atoms with Crippen LogP contribution >= 0.6 is 0 Å².